The fourth-order valence-corrected chi connectivity index (χ4v) is 7.09. The number of carbonyl (C=O) groups is 1. The summed E-state index contributed by atoms with van der Waals surface area (Å²) in [7, 11) is 0. The van der Waals surface area contributed by atoms with Gasteiger partial charge in [0.25, 0.3) is 5.91 Å². The Hall–Kier alpha value is -0.610. The Morgan fingerprint density at radius 2 is 0.833 bits per heavy atom. The summed E-state index contributed by atoms with van der Waals surface area (Å²) < 4.78 is 0. The molecule has 1 atom stereocenters. The lowest BCUT2D eigenvalue weighted by molar-refractivity contribution is -0.165. The third kappa shape index (κ3) is 5.41. The van der Waals surface area contributed by atoms with Crippen LogP contribution in [0.3, 0.4) is 0 Å². The molecule has 1 N–H and O–H groups in total. The van der Waals surface area contributed by atoms with Crippen LogP contribution in [0.15, 0.2) is 0 Å². The van der Waals surface area contributed by atoms with Gasteiger partial charge in [-0.1, -0.05) is 77.0 Å². The molecule has 4 saturated carbocycles. The van der Waals surface area contributed by atoms with Gasteiger partial charge in [-0.05, 0) is 51.4 Å². The van der Waals surface area contributed by atoms with Gasteiger partial charge < -0.3 is 10.0 Å². The second-order valence-electron chi connectivity index (χ2n) is 10.7. The first-order valence-electron chi connectivity index (χ1n) is 13.5. The van der Waals surface area contributed by atoms with Gasteiger partial charge >= 0.3 is 0 Å². The molecule has 4 fully saturated rings. The van der Waals surface area contributed by atoms with Crippen LogP contribution in [0.4, 0.5) is 0 Å². The summed E-state index contributed by atoms with van der Waals surface area (Å²) in [6.07, 6.45) is 23.5. The fraction of sp³-hybridized carbons (Fsp3) is 0.962. The average Bonchev–Trinajstić information content (AvgIpc) is 2.82. The molecule has 172 valence electrons. The number of hydrogen-bond donors (Lipinski definition) is 1. The Bertz CT molecular complexity index is 479. The molecule has 0 unspecified atom stereocenters. The molecule has 0 bridgehead atoms. The van der Waals surface area contributed by atoms with Gasteiger partial charge in [0, 0.05) is 24.2 Å². The highest BCUT2D eigenvalue weighted by atomic mass is 16.3. The van der Waals surface area contributed by atoms with Crippen molar-refractivity contribution in [2.24, 2.45) is 0 Å². The first-order chi connectivity index (χ1) is 14.8. The van der Waals surface area contributed by atoms with E-state index in [0.717, 1.165) is 51.4 Å². The zero-order valence-electron chi connectivity index (χ0n) is 19.3. The van der Waals surface area contributed by atoms with Crippen LogP contribution in [-0.4, -0.2) is 51.2 Å². The summed E-state index contributed by atoms with van der Waals surface area (Å²) in [4.78, 5) is 18.6. The van der Waals surface area contributed by atoms with E-state index in [1.807, 2.05) is 0 Å². The highest BCUT2D eigenvalue weighted by Crippen LogP contribution is 2.35. The second kappa shape index (κ2) is 11.3. The topological polar surface area (TPSA) is 43.8 Å². The van der Waals surface area contributed by atoms with Crippen LogP contribution < -0.4 is 0 Å². The molecule has 0 heterocycles. The molecular weight excluding hydrogens is 372 g/mol. The summed E-state index contributed by atoms with van der Waals surface area (Å²) in [5.41, 5.74) is 0. The molecule has 4 aliphatic carbocycles. The number of amides is 1. The Labute approximate surface area is 184 Å². The van der Waals surface area contributed by atoms with E-state index in [1.165, 1.54) is 77.0 Å². The van der Waals surface area contributed by atoms with E-state index in [0.29, 0.717) is 24.2 Å². The summed E-state index contributed by atoms with van der Waals surface area (Å²) in [5, 5.41) is 11.6. The number of nitrogens with zero attached hydrogens (tertiary/aromatic N) is 2. The van der Waals surface area contributed by atoms with Gasteiger partial charge in [-0.2, -0.15) is 0 Å². The second-order valence-corrected chi connectivity index (χ2v) is 10.7. The number of carbonyl (C=O) groups excluding carboxylic acids is 1. The molecule has 1 amide bonds. The van der Waals surface area contributed by atoms with Gasteiger partial charge in [-0.25, -0.2) is 0 Å². The minimum absolute atomic E-state index is 0.0601. The van der Waals surface area contributed by atoms with Crippen molar-refractivity contribution in [3.05, 3.63) is 0 Å². The Kier molecular flexibility index (Phi) is 8.51. The lowest BCUT2D eigenvalue weighted by Crippen LogP contribution is -2.60. The molecule has 4 rings (SSSR count). The van der Waals surface area contributed by atoms with Crippen molar-refractivity contribution in [1.82, 2.24) is 9.80 Å². The quantitative estimate of drug-likeness (QED) is 0.557. The molecule has 0 spiro atoms. The fourth-order valence-electron chi connectivity index (χ4n) is 7.09. The third-order valence-corrected chi connectivity index (χ3v) is 8.69. The third-order valence-electron chi connectivity index (χ3n) is 8.69. The van der Waals surface area contributed by atoms with Crippen LogP contribution in [0.2, 0.25) is 0 Å². The van der Waals surface area contributed by atoms with Gasteiger partial charge in [0.1, 0.15) is 0 Å². The van der Waals surface area contributed by atoms with Crippen LogP contribution in [0.25, 0.3) is 0 Å². The number of hydrogen-bond acceptors (Lipinski definition) is 3. The highest BCUT2D eigenvalue weighted by Gasteiger charge is 2.41. The van der Waals surface area contributed by atoms with E-state index in [9.17, 15) is 9.90 Å². The highest BCUT2D eigenvalue weighted by molar-refractivity contribution is 5.81. The molecule has 4 heteroatoms. The van der Waals surface area contributed by atoms with Gasteiger partial charge in [0.15, 0.2) is 6.23 Å². The van der Waals surface area contributed by atoms with Crippen molar-refractivity contribution >= 4 is 5.91 Å². The van der Waals surface area contributed by atoms with E-state index >= 15 is 0 Å². The monoisotopic (exact) mass is 418 g/mol. The molecule has 0 aromatic rings. The summed E-state index contributed by atoms with van der Waals surface area (Å²) in [6.45, 7) is 0. The van der Waals surface area contributed by atoms with Gasteiger partial charge in [-0.15, -0.1) is 0 Å². The molecule has 30 heavy (non-hydrogen) atoms. The molecule has 0 radical (unpaired) electrons. The van der Waals surface area contributed by atoms with Crippen LogP contribution in [0, 0.1) is 0 Å². The first kappa shape index (κ1) is 22.6. The molecule has 0 aliphatic heterocycles. The molecule has 4 aliphatic rings. The van der Waals surface area contributed by atoms with Gasteiger partial charge in [0.05, 0.1) is 0 Å². The van der Waals surface area contributed by atoms with Crippen molar-refractivity contribution < 1.29 is 9.90 Å². The lowest BCUT2D eigenvalue weighted by atomic mass is 9.87. The number of rotatable bonds is 6. The smallest absolute Gasteiger partial charge is 0.267 e. The predicted molar refractivity (Wildman–Crippen MR) is 122 cm³/mol. The zero-order valence-corrected chi connectivity index (χ0v) is 19.3. The summed E-state index contributed by atoms with van der Waals surface area (Å²) in [6, 6.07) is 1.54. The van der Waals surface area contributed by atoms with Gasteiger partial charge in [-0.3, -0.25) is 9.69 Å². The Morgan fingerprint density at radius 3 is 1.17 bits per heavy atom. The normalized spacial score (nSPS) is 27.3. The van der Waals surface area contributed by atoms with E-state index in [2.05, 4.69) is 9.80 Å². The van der Waals surface area contributed by atoms with E-state index in [1.54, 1.807) is 0 Å². The number of aliphatic hydroxyl groups is 1. The average molecular weight is 419 g/mol. The van der Waals surface area contributed by atoms with E-state index < -0.39 is 6.23 Å². The first-order valence-corrected chi connectivity index (χ1v) is 13.5. The van der Waals surface area contributed by atoms with Crippen LogP contribution >= 0.6 is 0 Å². The van der Waals surface area contributed by atoms with Crippen LogP contribution in [0.1, 0.15) is 128 Å². The SMILES string of the molecule is O=C([C@H](O)N(C1CCCCC1)C1CCCCC1)N(C1CCCCC1)C1CCCCC1. The molecular formula is C26H46N2O2. The minimum Gasteiger partial charge on any atom is -0.370 e. The zero-order chi connectivity index (χ0) is 20.8. The van der Waals surface area contributed by atoms with Crippen molar-refractivity contribution in [2.45, 2.75) is 159 Å². The maximum Gasteiger partial charge on any atom is 0.267 e. The molecule has 0 aromatic carbocycles. The predicted octanol–water partition coefficient (Wildman–Crippen LogP) is 5.77. The van der Waals surface area contributed by atoms with E-state index in [-0.39, 0.29) is 5.91 Å². The Morgan fingerprint density at radius 1 is 0.533 bits per heavy atom. The molecule has 4 nitrogen and oxygen atoms in total. The maximum atomic E-state index is 14.0. The van der Waals surface area contributed by atoms with Crippen molar-refractivity contribution in [2.75, 3.05) is 0 Å². The summed E-state index contributed by atoms with van der Waals surface area (Å²) in [5.74, 6) is 0.0601. The molecule has 0 aromatic heterocycles. The molecule has 0 saturated heterocycles. The Balaban J connectivity index is 1.54. The van der Waals surface area contributed by atoms with Crippen molar-refractivity contribution in [3.63, 3.8) is 0 Å². The number of aliphatic hydroxyl groups excluding tert-OH is 1. The minimum atomic E-state index is -0.917. The van der Waals surface area contributed by atoms with Crippen LogP contribution in [0.5, 0.6) is 0 Å². The van der Waals surface area contributed by atoms with Crippen molar-refractivity contribution in [3.8, 4) is 0 Å². The maximum absolute atomic E-state index is 14.0. The largest absolute Gasteiger partial charge is 0.370 e. The standard InChI is InChI=1S/C26H46N2O2/c29-25(27(21-13-5-1-6-14-21)22-15-7-2-8-16-22)26(30)28(23-17-9-3-10-18-23)24-19-11-4-12-20-24/h21-25,29H,1-20H2/t25-/m0/s1. The summed E-state index contributed by atoms with van der Waals surface area (Å²) >= 11 is 0. The van der Waals surface area contributed by atoms with Crippen LogP contribution in [-0.2, 0) is 4.79 Å². The van der Waals surface area contributed by atoms with Crippen molar-refractivity contribution in [1.29, 1.82) is 0 Å². The lowest BCUT2D eigenvalue weighted by Gasteiger charge is -2.47. The van der Waals surface area contributed by atoms with E-state index in [4.69, 9.17) is 0 Å². The van der Waals surface area contributed by atoms with Gasteiger partial charge in [0.2, 0.25) is 0 Å².